The van der Waals surface area contributed by atoms with Gasteiger partial charge in [-0.2, -0.15) is 0 Å². The SMILES string of the molecule is Cc1cc(C)cc(CC(N)c2ccc(OC(C)C)cc2)c1. The summed E-state index contributed by atoms with van der Waals surface area (Å²) in [6, 6.07) is 14.7. The molecule has 2 aromatic carbocycles. The first-order valence-corrected chi connectivity index (χ1v) is 7.53. The zero-order valence-electron chi connectivity index (χ0n) is 13.4. The van der Waals surface area contributed by atoms with Crippen LogP contribution >= 0.6 is 0 Å². The van der Waals surface area contributed by atoms with Crippen molar-refractivity contribution in [3.05, 3.63) is 64.7 Å². The van der Waals surface area contributed by atoms with Gasteiger partial charge in [-0.3, -0.25) is 0 Å². The van der Waals surface area contributed by atoms with Crippen molar-refractivity contribution in [3.8, 4) is 5.75 Å². The van der Waals surface area contributed by atoms with E-state index in [1.54, 1.807) is 0 Å². The molecule has 0 saturated carbocycles. The van der Waals surface area contributed by atoms with Crippen molar-refractivity contribution in [1.82, 2.24) is 0 Å². The van der Waals surface area contributed by atoms with Crippen LogP contribution in [0.2, 0.25) is 0 Å². The molecule has 0 amide bonds. The van der Waals surface area contributed by atoms with Gasteiger partial charge in [-0.15, -0.1) is 0 Å². The molecule has 1 atom stereocenters. The Labute approximate surface area is 127 Å². The van der Waals surface area contributed by atoms with Crippen LogP contribution < -0.4 is 10.5 Å². The van der Waals surface area contributed by atoms with Gasteiger partial charge in [0.2, 0.25) is 0 Å². The average Bonchev–Trinajstić information content (AvgIpc) is 2.37. The fraction of sp³-hybridized carbons (Fsp3) is 0.368. The van der Waals surface area contributed by atoms with E-state index in [9.17, 15) is 0 Å². The molecular formula is C19H25NO. The third-order valence-electron chi connectivity index (χ3n) is 3.42. The van der Waals surface area contributed by atoms with E-state index in [0.717, 1.165) is 17.7 Å². The number of hydrogen-bond donors (Lipinski definition) is 1. The molecule has 0 aliphatic carbocycles. The minimum absolute atomic E-state index is 0.0132. The molecule has 21 heavy (non-hydrogen) atoms. The summed E-state index contributed by atoms with van der Waals surface area (Å²) in [7, 11) is 0. The van der Waals surface area contributed by atoms with Gasteiger partial charge < -0.3 is 10.5 Å². The molecule has 2 heteroatoms. The highest BCUT2D eigenvalue weighted by atomic mass is 16.5. The maximum Gasteiger partial charge on any atom is 0.119 e. The second-order valence-electron chi connectivity index (χ2n) is 6.04. The molecule has 0 aromatic heterocycles. The van der Waals surface area contributed by atoms with Crippen molar-refractivity contribution in [2.24, 2.45) is 5.73 Å². The minimum Gasteiger partial charge on any atom is -0.491 e. The van der Waals surface area contributed by atoms with Gasteiger partial charge in [0.15, 0.2) is 0 Å². The molecule has 0 bridgehead atoms. The fourth-order valence-corrected chi connectivity index (χ4v) is 2.62. The van der Waals surface area contributed by atoms with Gasteiger partial charge in [0.1, 0.15) is 5.75 Å². The van der Waals surface area contributed by atoms with Gasteiger partial charge in [-0.1, -0.05) is 41.5 Å². The van der Waals surface area contributed by atoms with Crippen molar-refractivity contribution in [1.29, 1.82) is 0 Å². The standard InChI is InChI=1S/C19H25NO/c1-13(2)21-18-7-5-17(6-8-18)19(20)12-16-10-14(3)9-15(4)11-16/h5-11,13,19H,12,20H2,1-4H3. The summed E-state index contributed by atoms with van der Waals surface area (Å²) in [5.41, 5.74) is 11.4. The first kappa shape index (κ1) is 15.6. The quantitative estimate of drug-likeness (QED) is 0.886. The number of aryl methyl sites for hydroxylation is 2. The molecule has 2 nitrogen and oxygen atoms in total. The predicted molar refractivity (Wildman–Crippen MR) is 88.8 cm³/mol. The highest BCUT2D eigenvalue weighted by molar-refractivity contribution is 5.33. The van der Waals surface area contributed by atoms with E-state index >= 15 is 0 Å². The molecule has 2 N–H and O–H groups in total. The summed E-state index contributed by atoms with van der Waals surface area (Å²) in [4.78, 5) is 0. The van der Waals surface area contributed by atoms with E-state index in [0.29, 0.717) is 0 Å². The van der Waals surface area contributed by atoms with Crippen LogP contribution in [0.5, 0.6) is 5.75 Å². The lowest BCUT2D eigenvalue weighted by molar-refractivity contribution is 0.242. The molecule has 0 saturated heterocycles. The Morgan fingerprint density at radius 3 is 2.05 bits per heavy atom. The van der Waals surface area contributed by atoms with Gasteiger partial charge in [-0.05, 0) is 57.4 Å². The molecule has 0 aliphatic heterocycles. The van der Waals surface area contributed by atoms with E-state index in [1.807, 2.05) is 26.0 Å². The number of ether oxygens (including phenoxy) is 1. The second-order valence-corrected chi connectivity index (χ2v) is 6.04. The molecule has 0 spiro atoms. The number of hydrogen-bond acceptors (Lipinski definition) is 2. The molecule has 1 unspecified atom stereocenters. The summed E-state index contributed by atoms with van der Waals surface area (Å²) >= 11 is 0. The first-order valence-electron chi connectivity index (χ1n) is 7.53. The largest absolute Gasteiger partial charge is 0.491 e. The van der Waals surface area contributed by atoms with E-state index in [1.165, 1.54) is 16.7 Å². The summed E-state index contributed by atoms with van der Waals surface area (Å²) in [6.45, 7) is 8.31. The number of nitrogens with two attached hydrogens (primary N) is 1. The Balaban J connectivity index is 2.07. The summed E-state index contributed by atoms with van der Waals surface area (Å²) < 4.78 is 5.66. The third-order valence-corrected chi connectivity index (χ3v) is 3.42. The predicted octanol–water partition coefficient (Wildman–Crippen LogP) is 4.33. The molecule has 2 aromatic rings. The minimum atomic E-state index is 0.0132. The number of rotatable bonds is 5. The molecule has 0 aliphatic rings. The van der Waals surface area contributed by atoms with Gasteiger partial charge in [0.25, 0.3) is 0 Å². The number of benzene rings is 2. The van der Waals surface area contributed by atoms with Crippen LogP contribution in [0, 0.1) is 13.8 Å². The van der Waals surface area contributed by atoms with Crippen molar-refractivity contribution in [2.75, 3.05) is 0 Å². The molecule has 2 rings (SSSR count). The van der Waals surface area contributed by atoms with Crippen LogP contribution in [0.15, 0.2) is 42.5 Å². The molecule has 0 heterocycles. The highest BCUT2D eigenvalue weighted by Crippen LogP contribution is 2.21. The van der Waals surface area contributed by atoms with E-state index in [2.05, 4.69) is 44.2 Å². The molecule has 112 valence electrons. The van der Waals surface area contributed by atoms with Gasteiger partial charge in [-0.25, -0.2) is 0 Å². The van der Waals surface area contributed by atoms with Crippen LogP contribution in [-0.4, -0.2) is 6.10 Å². The monoisotopic (exact) mass is 283 g/mol. The lowest BCUT2D eigenvalue weighted by atomic mass is 9.97. The topological polar surface area (TPSA) is 35.2 Å². The highest BCUT2D eigenvalue weighted by Gasteiger charge is 2.08. The van der Waals surface area contributed by atoms with E-state index < -0.39 is 0 Å². The van der Waals surface area contributed by atoms with Gasteiger partial charge >= 0.3 is 0 Å². The average molecular weight is 283 g/mol. The second kappa shape index (κ2) is 6.77. The van der Waals surface area contributed by atoms with Gasteiger partial charge in [0.05, 0.1) is 6.10 Å². The maximum absolute atomic E-state index is 6.34. The van der Waals surface area contributed by atoms with Crippen LogP contribution in [0.1, 0.15) is 42.1 Å². The molecule has 0 radical (unpaired) electrons. The van der Waals surface area contributed by atoms with E-state index in [-0.39, 0.29) is 12.1 Å². The third kappa shape index (κ3) is 4.61. The van der Waals surface area contributed by atoms with Crippen LogP contribution in [0.3, 0.4) is 0 Å². The fourth-order valence-electron chi connectivity index (χ4n) is 2.62. The molecular weight excluding hydrogens is 258 g/mol. The lowest BCUT2D eigenvalue weighted by Gasteiger charge is -2.15. The van der Waals surface area contributed by atoms with Crippen molar-refractivity contribution < 1.29 is 4.74 Å². The summed E-state index contributed by atoms with van der Waals surface area (Å²) in [5, 5.41) is 0. The molecule has 0 fully saturated rings. The lowest BCUT2D eigenvalue weighted by Crippen LogP contribution is -2.13. The van der Waals surface area contributed by atoms with Crippen LogP contribution in [0.25, 0.3) is 0 Å². The zero-order chi connectivity index (χ0) is 15.4. The zero-order valence-corrected chi connectivity index (χ0v) is 13.4. The van der Waals surface area contributed by atoms with Crippen LogP contribution in [-0.2, 0) is 6.42 Å². The first-order chi connectivity index (χ1) is 9.94. The summed E-state index contributed by atoms with van der Waals surface area (Å²) in [6.07, 6.45) is 1.05. The Morgan fingerprint density at radius 1 is 0.952 bits per heavy atom. The maximum atomic E-state index is 6.34. The van der Waals surface area contributed by atoms with Crippen molar-refractivity contribution in [2.45, 2.75) is 46.3 Å². The summed E-state index contributed by atoms with van der Waals surface area (Å²) in [5.74, 6) is 0.896. The Morgan fingerprint density at radius 2 is 1.52 bits per heavy atom. The van der Waals surface area contributed by atoms with Crippen molar-refractivity contribution in [3.63, 3.8) is 0 Å². The Kier molecular flexibility index (Phi) is 5.03. The smallest absolute Gasteiger partial charge is 0.119 e. The van der Waals surface area contributed by atoms with Gasteiger partial charge in [0, 0.05) is 6.04 Å². The van der Waals surface area contributed by atoms with Crippen LogP contribution in [0.4, 0.5) is 0 Å². The Bertz CT molecular complexity index is 567. The van der Waals surface area contributed by atoms with Crippen molar-refractivity contribution >= 4 is 0 Å². The normalized spacial score (nSPS) is 12.5. The Hall–Kier alpha value is -1.80. The van der Waals surface area contributed by atoms with E-state index in [4.69, 9.17) is 10.5 Å².